The van der Waals surface area contributed by atoms with Gasteiger partial charge in [0.2, 0.25) is 0 Å². The summed E-state index contributed by atoms with van der Waals surface area (Å²) in [6, 6.07) is 9.66. The lowest BCUT2D eigenvalue weighted by Crippen LogP contribution is -2.27. The van der Waals surface area contributed by atoms with E-state index in [4.69, 9.17) is 46.0 Å². The Morgan fingerprint density at radius 2 is 1.85 bits per heavy atom. The lowest BCUT2D eigenvalue weighted by molar-refractivity contribution is -0.113. The van der Waals surface area contributed by atoms with Gasteiger partial charge < -0.3 is 4.74 Å². The fourth-order valence-electron chi connectivity index (χ4n) is 2.37. The maximum Gasteiger partial charge on any atom is 0.298 e. The van der Waals surface area contributed by atoms with E-state index >= 15 is 0 Å². The third-order valence-corrected chi connectivity index (χ3v) is 5.14. The minimum atomic E-state index is -0.452. The summed E-state index contributed by atoms with van der Waals surface area (Å²) in [4.78, 5) is 26.3. The molecule has 27 heavy (non-hydrogen) atoms. The van der Waals surface area contributed by atoms with E-state index in [1.807, 2.05) is 0 Å². The zero-order valence-corrected chi connectivity index (χ0v) is 16.6. The van der Waals surface area contributed by atoms with E-state index < -0.39 is 11.1 Å². The van der Waals surface area contributed by atoms with Gasteiger partial charge in [0.15, 0.2) is 5.75 Å². The van der Waals surface area contributed by atoms with Gasteiger partial charge in [0, 0.05) is 5.02 Å². The predicted molar refractivity (Wildman–Crippen MR) is 111 cm³/mol. The molecule has 0 bridgehead atoms. The maximum absolute atomic E-state index is 12.7. The van der Waals surface area contributed by atoms with Crippen molar-refractivity contribution < 1.29 is 14.3 Å². The predicted octanol–water partition coefficient (Wildman–Crippen LogP) is 5.90. The Bertz CT molecular complexity index is 990. The van der Waals surface area contributed by atoms with E-state index in [1.54, 1.807) is 36.4 Å². The molecule has 0 saturated carbocycles. The van der Waals surface area contributed by atoms with Gasteiger partial charge in [0.1, 0.15) is 6.61 Å². The van der Waals surface area contributed by atoms with Crippen LogP contribution in [0.25, 0.3) is 6.08 Å². The third kappa shape index (κ3) is 4.26. The number of benzene rings is 2. The Balaban J connectivity index is 1.91. The number of terminal acetylenes is 1. The molecule has 0 N–H and O–H groups in total. The van der Waals surface area contributed by atoms with Crippen molar-refractivity contribution in [2.45, 2.75) is 0 Å². The molecule has 136 valence electrons. The Kier molecular flexibility index (Phi) is 6.03. The molecular formula is C19H10Cl3NO3S. The zero-order valence-electron chi connectivity index (χ0n) is 13.5. The first kappa shape index (κ1) is 19.7. The number of nitrogens with zero attached hydrogens (tertiary/aromatic N) is 1. The average Bonchev–Trinajstić information content (AvgIpc) is 2.88. The van der Waals surface area contributed by atoms with Gasteiger partial charge in [-0.15, -0.1) is 6.42 Å². The van der Waals surface area contributed by atoms with Crippen LogP contribution in [0.1, 0.15) is 5.56 Å². The van der Waals surface area contributed by atoms with Crippen molar-refractivity contribution in [1.29, 1.82) is 0 Å². The van der Waals surface area contributed by atoms with E-state index in [2.05, 4.69) is 5.92 Å². The summed E-state index contributed by atoms with van der Waals surface area (Å²) in [7, 11) is 0. The Labute approximate surface area is 175 Å². The summed E-state index contributed by atoms with van der Waals surface area (Å²) in [6.07, 6.45) is 6.70. The largest absolute Gasteiger partial charge is 0.478 e. The molecule has 4 nitrogen and oxygen atoms in total. The molecule has 0 spiro atoms. The lowest BCUT2D eigenvalue weighted by Gasteiger charge is -2.12. The third-order valence-electron chi connectivity index (χ3n) is 3.48. The highest BCUT2D eigenvalue weighted by Gasteiger charge is 2.36. The monoisotopic (exact) mass is 437 g/mol. The van der Waals surface area contributed by atoms with Crippen molar-refractivity contribution in [1.82, 2.24) is 0 Å². The maximum atomic E-state index is 12.7. The van der Waals surface area contributed by atoms with Crippen LogP contribution in [-0.2, 0) is 4.79 Å². The molecule has 1 saturated heterocycles. The number of hydrogen-bond acceptors (Lipinski definition) is 4. The quantitative estimate of drug-likeness (QED) is 0.440. The molecule has 0 unspecified atom stereocenters. The summed E-state index contributed by atoms with van der Waals surface area (Å²) < 4.78 is 5.30. The molecule has 0 aliphatic carbocycles. The minimum Gasteiger partial charge on any atom is -0.478 e. The first-order valence-electron chi connectivity index (χ1n) is 7.49. The number of halogens is 3. The number of rotatable bonds is 4. The van der Waals surface area contributed by atoms with Gasteiger partial charge >= 0.3 is 0 Å². The van der Waals surface area contributed by atoms with Crippen molar-refractivity contribution in [2.75, 3.05) is 11.5 Å². The van der Waals surface area contributed by atoms with Crippen molar-refractivity contribution in [3.05, 3.63) is 61.9 Å². The standard InChI is InChI=1S/C19H10Cl3NO3S/c1-2-6-26-17-14(21)7-11(8-15(17)22)9-16-18(24)23(19(25)27-16)13-5-3-4-12(20)10-13/h1,3-5,7-10H,6H2/b16-9+. The highest BCUT2D eigenvalue weighted by atomic mass is 35.5. The molecule has 2 amide bonds. The highest BCUT2D eigenvalue weighted by molar-refractivity contribution is 8.19. The van der Waals surface area contributed by atoms with Crippen LogP contribution in [0.3, 0.4) is 0 Å². The van der Waals surface area contributed by atoms with Gasteiger partial charge in [-0.2, -0.15) is 0 Å². The summed E-state index contributed by atoms with van der Waals surface area (Å²) in [5, 5.41) is 0.507. The van der Waals surface area contributed by atoms with Gasteiger partial charge in [-0.25, -0.2) is 4.90 Å². The fraction of sp³-hybridized carbons (Fsp3) is 0.0526. The molecular weight excluding hydrogens is 429 g/mol. The molecule has 1 aliphatic heterocycles. The van der Waals surface area contributed by atoms with E-state index in [0.717, 1.165) is 16.7 Å². The molecule has 8 heteroatoms. The molecule has 0 aromatic heterocycles. The van der Waals surface area contributed by atoms with Gasteiger partial charge in [-0.1, -0.05) is 46.8 Å². The number of anilines is 1. The Morgan fingerprint density at radius 1 is 1.15 bits per heavy atom. The van der Waals surface area contributed by atoms with E-state index in [1.165, 1.54) is 6.08 Å². The van der Waals surface area contributed by atoms with Crippen LogP contribution in [0.5, 0.6) is 5.75 Å². The molecule has 3 rings (SSSR count). The molecule has 1 heterocycles. The SMILES string of the molecule is C#CCOc1c(Cl)cc(/C=C2/SC(=O)N(c3cccc(Cl)c3)C2=O)cc1Cl. The van der Waals surface area contributed by atoms with Gasteiger partial charge in [-0.3, -0.25) is 9.59 Å². The van der Waals surface area contributed by atoms with Crippen LogP contribution in [0, 0.1) is 12.3 Å². The van der Waals surface area contributed by atoms with Crippen LogP contribution in [-0.4, -0.2) is 17.8 Å². The molecule has 1 aliphatic rings. The Hall–Kier alpha value is -2.10. The van der Waals surface area contributed by atoms with E-state index in [0.29, 0.717) is 16.3 Å². The molecule has 0 radical (unpaired) electrons. The van der Waals surface area contributed by atoms with Crippen LogP contribution >= 0.6 is 46.6 Å². The second-order valence-electron chi connectivity index (χ2n) is 5.30. The summed E-state index contributed by atoms with van der Waals surface area (Å²) in [5.74, 6) is 2.14. The first-order valence-corrected chi connectivity index (χ1v) is 9.44. The molecule has 0 atom stereocenters. The van der Waals surface area contributed by atoms with Crippen LogP contribution in [0.4, 0.5) is 10.5 Å². The number of carbonyl (C=O) groups is 2. The second-order valence-corrected chi connectivity index (χ2v) is 7.55. The van der Waals surface area contributed by atoms with Gasteiger partial charge in [-0.05, 0) is 53.7 Å². The Morgan fingerprint density at radius 3 is 2.48 bits per heavy atom. The van der Waals surface area contributed by atoms with Crippen molar-refractivity contribution in [3.63, 3.8) is 0 Å². The van der Waals surface area contributed by atoms with Crippen molar-refractivity contribution in [3.8, 4) is 18.1 Å². The van der Waals surface area contributed by atoms with Crippen molar-refractivity contribution in [2.24, 2.45) is 0 Å². The molecule has 2 aromatic carbocycles. The smallest absolute Gasteiger partial charge is 0.298 e. The van der Waals surface area contributed by atoms with E-state index in [-0.39, 0.29) is 27.3 Å². The van der Waals surface area contributed by atoms with Crippen molar-refractivity contribution >= 4 is 69.5 Å². The number of ether oxygens (including phenoxy) is 1. The summed E-state index contributed by atoms with van der Waals surface area (Å²) in [5.41, 5.74) is 0.956. The number of amides is 2. The number of thioether (sulfide) groups is 1. The van der Waals surface area contributed by atoms with Gasteiger partial charge in [0.25, 0.3) is 11.1 Å². The number of carbonyl (C=O) groups excluding carboxylic acids is 2. The normalized spacial score (nSPS) is 15.3. The number of hydrogen-bond donors (Lipinski definition) is 0. The topological polar surface area (TPSA) is 46.6 Å². The molecule has 1 fully saturated rings. The van der Waals surface area contributed by atoms with Gasteiger partial charge in [0.05, 0.1) is 20.6 Å². The minimum absolute atomic E-state index is 0.0251. The summed E-state index contributed by atoms with van der Waals surface area (Å²) >= 11 is 19.1. The van der Waals surface area contributed by atoms with Crippen LogP contribution in [0.15, 0.2) is 41.3 Å². The second kappa shape index (κ2) is 8.28. The first-order chi connectivity index (χ1) is 12.9. The summed E-state index contributed by atoms with van der Waals surface area (Å²) in [6.45, 7) is 0.0251. The highest BCUT2D eigenvalue weighted by Crippen LogP contribution is 2.39. The van der Waals surface area contributed by atoms with Crippen LogP contribution in [0.2, 0.25) is 15.1 Å². The molecule has 2 aromatic rings. The number of imide groups is 1. The lowest BCUT2D eigenvalue weighted by atomic mass is 10.2. The van der Waals surface area contributed by atoms with E-state index in [9.17, 15) is 9.59 Å². The average molecular weight is 439 g/mol. The zero-order chi connectivity index (χ0) is 19.6. The van der Waals surface area contributed by atoms with Crippen LogP contribution < -0.4 is 9.64 Å². The fourth-order valence-corrected chi connectivity index (χ4v) is 4.01.